The van der Waals surface area contributed by atoms with E-state index >= 15 is 0 Å². The number of amides is 6. The number of carbonyl (C=O) groups excluding carboxylic acids is 9. The number of para-hydroxylation sites is 3. The highest BCUT2D eigenvalue weighted by molar-refractivity contribution is 6.54. The van der Waals surface area contributed by atoms with Gasteiger partial charge in [-0.05, 0) is 108 Å². The summed E-state index contributed by atoms with van der Waals surface area (Å²) in [5, 5.41) is 15.2. The lowest BCUT2D eigenvalue weighted by atomic mass is 9.67. The molecule has 3 aliphatic carbocycles. The largest absolute Gasteiger partial charge is 0.481 e. The molecule has 0 radical (unpaired) electrons. The van der Waals surface area contributed by atoms with Gasteiger partial charge in [0.25, 0.3) is 23.5 Å². The number of rotatable bonds is 21. The van der Waals surface area contributed by atoms with E-state index in [4.69, 9.17) is 21.5 Å². The summed E-state index contributed by atoms with van der Waals surface area (Å²) in [7, 11) is 5.13. The number of hydrogen-bond donors (Lipinski definition) is 5. The van der Waals surface area contributed by atoms with Crippen LogP contribution in [0.2, 0.25) is 0 Å². The zero-order valence-electron chi connectivity index (χ0n) is 67.2. The van der Waals surface area contributed by atoms with E-state index in [0.29, 0.717) is 49.4 Å². The van der Waals surface area contributed by atoms with E-state index in [1.807, 2.05) is 191 Å². The van der Waals surface area contributed by atoms with Gasteiger partial charge in [-0.1, -0.05) is 271 Å². The van der Waals surface area contributed by atoms with Crippen LogP contribution in [0, 0.1) is 51.8 Å². The molecule has 638 valence electrons. The second kappa shape index (κ2) is 43.6. The monoisotopic (exact) mass is 1670 g/mol. The predicted octanol–water partition coefficient (Wildman–Crippen LogP) is 16.9. The van der Waals surface area contributed by atoms with Crippen molar-refractivity contribution in [3.05, 3.63) is 197 Å². The average Bonchev–Trinajstić information content (AvgIpc) is 1.60. The molecule has 6 amide bonds. The number of hydrogen-bond acceptors (Lipinski definition) is 14. The number of aliphatic carboxylic acids is 1. The third kappa shape index (κ3) is 23.3. The number of benzene rings is 6. The first-order valence-corrected chi connectivity index (χ1v) is 40.1. The van der Waals surface area contributed by atoms with Gasteiger partial charge in [0.15, 0.2) is 11.0 Å². The summed E-state index contributed by atoms with van der Waals surface area (Å²) in [5.74, 6) is -5.51. The highest BCUT2D eigenvalue weighted by Crippen LogP contribution is 2.50. The number of nitrogens with zero attached hydrogens (tertiary/aromatic N) is 6. The number of carbonyl (C=O) groups is 10. The Morgan fingerprint density at radius 1 is 0.458 bits per heavy atom. The van der Waals surface area contributed by atoms with Crippen LogP contribution < -0.4 is 36.8 Å². The number of halogens is 5. The van der Waals surface area contributed by atoms with Crippen molar-refractivity contribution in [3.63, 3.8) is 0 Å². The first kappa shape index (κ1) is 98.5. The molecule has 3 aliphatic heterocycles. The number of Topliss-reactive ketones (excluding diaryl/α,β-unsaturated/α-hetero) is 3. The van der Waals surface area contributed by atoms with E-state index < -0.39 is 81.2 Å². The van der Waals surface area contributed by atoms with Crippen molar-refractivity contribution in [2.24, 2.45) is 78.2 Å². The molecule has 3 unspecified atom stereocenters. The fourth-order valence-electron chi connectivity index (χ4n) is 16.7. The first-order valence-electron chi connectivity index (χ1n) is 39.2. The number of likely N-dealkylation sites (N-methyl/N-ethyl adjacent to an activating group) is 3. The van der Waals surface area contributed by atoms with Gasteiger partial charge < -0.3 is 41.9 Å². The minimum absolute atomic E-state index is 0. The number of nitrogens with one attached hydrogen (secondary N) is 2. The second-order valence-electron chi connectivity index (χ2n) is 31.7. The van der Waals surface area contributed by atoms with Gasteiger partial charge >= 0.3 is 12.1 Å². The van der Waals surface area contributed by atoms with Crippen LogP contribution in [0.3, 0.4) is 0 Å². The van der Waals surface area contributed by atoms with Crippen LogP contribution in [0.4, 0.5) is 30.2 Å². The Labute approximate surface area is 703 Å². The molecule has 0 spiro atoms. The van der Waals surface area contributed by atoms with Gasteiger partial charge in [-0.25, -0.2) is 9.98 Å². The molecule has 6 aromatic rings. The maximum atomic E-state index is 13.8. The Bertz CT molecular complexity index is 4380. The number of ketones is 3. The van der Waals surface area contributed by atoms with Crippen LogP contribution in [0.1, 0.15) is 207 Å². The standard InChI is InChI=1S/C29H35N3O3.C28H34N4O3.C16H15N3O.C13H22O3.C3HCl2F3O.3CH4/c1-19(2)18-23(29(20(3)33)16-10-11-17-29)27(34)31-26-28(35)32(4)24-15-9-8-14-22(24)25(30-26)21-12-6-5-7-13-21;1-18(2)17-21(28(27(29)35)15-9-10-16-28)25(33)31-24-26(34)32(3)22-14-8-7-13-20(22)23(30-24)19-11-5-4-6-12-19;1-19-13-10-6-5-9-12(13)14(18-15(17)16(19)20)11-7-3-2-4-8-11;1-9(2)8-11(12(15)16)13(10(3)14)6-4-5-7-13;4-2(5)1(9)3(6,7)8;;;/h5-9,12-15,19,23,26H,10-11,16-18H2,1-4H3,(H,31,34);4-8,11-14,18,21,24H,9-10,15-17H2,1-3H3,(H2,29,35)(H,31,33);2-10,15H,17H2,1H3;9,11H,4-8H2,1-3H3,(H,15,16);2H;3*1H4/t23-,26?;21-,24?;;11-;;;;/m00.0..../s1. The van der Waals surface area contributed by atoms with Crippen molar-refractivity contribution in [2.45, 2.75) is 203 Å². The summed E-state index contributed by atoms with van der Waals surface area (Å²) in [6.07, 6.45) is 3.45. The average molecular weight is 1670 g/mol. The fourth-order valence-corrected chi connectivity index (χ4v) is 16.9. The maximum absolute atomic E-state index is 13.8. The third-order valence-corrected chi connectivity index (χ3v) is 23.1. The van der Waals surface area contributed by atoms with Crippen LogP contribution in [-0.4, -0.2) is 132 Å². The van der Waals surface area contributed by atoms with E-state index in [-0.39, 0.29) is 75.2 Å². The summed E-state index contributed by atoms with van der Waals surface area (Å²) < 4.78 is 33.5. The van der Waals surface area contributed by atoms with E-state index in [2.05, 4.69) is 52.7 Å². The van der Waals surface area contributed by atoms with Crippen molar-refractivity contribution in [1.82, 2.24) is 10.6 Å². The second-order valence-corrected chi connectivity index (χ2v) is 32.8. The lowest BCUT2D eigenvalue weighted by Crippen LogP contribution is -2.53. The molecule has 0 aromatic heterocycles. The highest BCUT2D eigenvalue weighted by Gasteiger charge is 2.53. The molecule has 118 heavy (non-hydrogen) atoms. The quantitative estimate of drug-likeness (QED) is 0.0420. The molecule has 12 rings (SSSR count). The minimum Gasteiger partial charge on any atom is -0.481 e. The number of primary amides is 1. The summed E-state index contributed by atoms with van der Waals surface area (Å²) in [6, 6.07) is 52.0. The predicted molar refractivity (Wildman–Crippen MR) is 464 cm³/mol. The van der Waals surface area contributed by atoms with Crippen LogP contribution in [0.5, 0.6) is 0 Å². The molecule has 21 nitrogen and oxygen atoms in total. The van der Waals surface area contributed by atoms with Gasteiger partial charge in [-0.15, -0.1) is 0 Å². The minimum atomic E-state index is -4.92. The normalized spacial score (nSPS) is 18.8. The van der Waals surface area contributed by atoms with Gasteiger partial charge in [-0.2, -0.15) is 13.2 Å². The molecule has 3 saturated carbocycles. The Morgan fingerprint density at radius 2 is 0.729 bits per heavy atom. The molecule has 3 heterocycles. The van der Waals surface area contributed by atoms with Gasteiger partial charge in [-0.3, -0.25) is 52.9 Å². The van der Waals surface area contributed by atoms with E-state index in [1.165, 1.54) is 4.90 Å². The number of fused-ring (bicyclic) bond motifs is 3. The molecular formula is C92H119Cl2F3N10O11. The molecular weight excluding hydrogens is 1550 g/mol. The number of alkyl halides is 5. The lowest BCUT2D eigenvalue weighted by molar-refractivity contribution is -0.169. The highest BCUT2D eigenvalue weighted by atomic mass is 35.5. The van der Waals surface area contributed by atoms with E-state index in [1.54, 1.807) is 44.8 Å². The summed E-state index contributed by atoms with van der Waals surface area (Å²) in [6.45, 7) is 15.4. The first-order chi connectivity index (χ1) is 54.4. The number of nitrogens with two attached hydrogens (primary N) is 2. The fraction of sp³-hybridized carbons (Fsp3) is 0.467. The zero-order valence-corrected chi connectivity index (χ0v) is 68.7. The van der Waals surface area contributed by atoms with Crippen molar-refractivity contribution in [1.29, 1.82) is 0 Å². The molecule has 6 aromatic carbocycles. The van der Waals surface area contributed by atoms with E-state index in [0.717, 1.165) is 120 Å². The number of aliphatic imine (C=N–C) groups is 3. The Hall–Kier alpha value is -10.0. The molecule has 26 heteroatoms. The lowest BCUT2D eigenvalue weighted by Gasteiger charge is -2.36. The van der Waals surface area contributed by atoms with Gasteiger partial charge in [0.05, 0.1) is 57.4 Å². The number of benzodiazepines with no additional fused rings is 3. The topological polar surface area (TPSA) is 314 Å². The molecule has 7 N–H and O–H groups in total. The molecule has 6 aliphatic rings. The van der Waals surface area contributed by atoms with Crippen LogP contribution in [0.25, 0.3) is 0 Å². The van der Waals surface area contributed by atoms with Crippen molar-refractivity contribution >= 4 is 116 Å². The molecule has 3 fully saturated rings. The van der Waals surface area contributed by atoms with Crippen LogP contribution in [0.15, 0.2) is 179 Å². The summed E-state index contributed by atoms with van der Waals surface area (Å²) >= 11 is 9.22. The summed E-state index contributed by atoms with van der Waals surface area (Å²) in [5.41, 5.74) is 19.3. The van der Waals surface area contributed by atoms with Crippen molar-refractivity contribution < 1.29 is 66.2 Å². The van der Waals surface area contributed by atoms with Gasteiger partial charge in [0, 0.05) is 65.4 Å². The van der Waals surface area contributed by atoms with E-state index in [9.17, 15) is 66.2 Å². The van der Waals surface area contributed by atoms with Gasteiger partial charge in [0.2, 0.25) is 30.1 Å². The third-order valence-electron chi connectivity index (χ3n) is 22.7. The smallest absolute Gasteiger partial charge is 0.452 e. The Kier molecular flexibility index (Phi) is 36.4. The van der Waals surface area contributed by atoms with Gasteiger partial charge in [0.1, 0.15) is 11.6 Å². The number of carboxylic acid groups (broad SMARTS) is 1. The number of carboxylic acids is 1. The van der Waals surface area contributed by atoms with Crippen molar-refractivity contribution in [3.8, 4) is 0 Å². The number of anilines is 3. The molecule has 0 bridgehead atoms. The molecule has 6 atom stereocenters. The maximum Gasteiger partial charge on any atom is 0.452 e. The summed E-state index contributed by atoms with van der Waals surface area (Å²) in [4.78, 5) is 142. The zero-order chi connectivity index (χ0) is 84.4. The SMILES string of the molecule is C.C.C.CC(=O)C1([C@@H](CC(C)C)C(=O)NC2N=C(c3ccccc3)c3ccccc3N(C)C2=O)CCCC1.CC(=O)C1([C@@H](CC(C)C)C(=O)O)CCCC1.CC(C)C[C@@H](C(=O)NC1N=C(c2ccccc2)c2ccccc2N(C)C1=O)C1(C(N)=O)CCCC1.CN1C(=O)C(N)N=C(c2ccccc2)c2ccccc21.O=C(C(Cl)Cl)C(F)(F)F. The Morgan fingerprint density at radius 3 is 1.01 bits per heavy atom. The molecule has 0 saturated heterocycles. The van der Waals surface area contributed by atoms with Crippen LogP contribution >= 0.6 is 23.2 Å². The van der Waals surface area contributed by atoms with Crippen LogP contribution in [-0.2, 0) is 47.9 Å². The Balaban J connectivity index is 0.000000279. The van der Waals surface area contributed by atoms with Crippen molar-refractivity contribution in [2.75, 3.05) is 35.8 Å².